The van der Waals surface area contributed by atoms with E-state index in [2.05, 4.69) is 8.92 Å². The number of hydrogen-bond acceptors (Lipinski definition) is 5. The molecule has 2 aliphatic rings. The highest BCUT2D eigenvalue weighted by atomic mass is 32.2. The number of ether oxygens (including phenoxy) is 1. The van der Waals surface area contributed by atoms with Gasteiger partial charge in [-0.15, -0.1) is 0 Å². The number of carbonyl (C=O) groups excluding carboxylic acids is 1. The third-order valence-electron chi connectivity index (χ3n) is 3.37. The lowest BCUT2D eigenvalue weighted by Crippen LogP contribution is -2.27. The van der Waals surface area contributed by atoms with Crippen molar-refractivity contribution in [2.24, 2.45) is 11.8 Å². The van der Waals surface area contributed by atoms with E-state index in [0.29, 0.717) is 19.3 Å². The van der Waals surface area contributed by atoms with Crippen molar-refractivity contribution in [3.63, 3.8) is 0 Å². The highest BCUT2D eigenvalue weighted by molar-refractivity contribution is 7.87. The van der Waals surface area contributed by atoms with Gasteiger partial charge in [0.05, 0.1) is 12.7 Å². The van der Waals surface area contributed by atoms with E-state index in [4.69, 9.17) is 0 Å². The highest BCUT2D eigenvalue weighted by Crippen LogP contribution is 2.50. The van der Waals surface area contributed by atoms with Crippen molar-refractivity contribution < 1.29 is 35.3 Å². The summed E-state index contributed by atoms with van der Waals surface area (Å²) < 4.78 is 67.5. The second-order valence-corrected chi connectivity index (χ2v) is 6.00. The van der Waals surface area contributed by atoms with Crippen LogP contribution in [0.15, 0.2) is 11.3 Å². The van der Waals surface area contributed by atoms with Gasteiger partial charge in [0.2, 0.25) is 0 Å². The number of fused-ring (bicyclic) bond motifs is 2. The normalized spacial score (nSPS) is 26.7. The summed E-state index contributed by atoms with van der Waals surface area (Å²) in [6.45, 7) is 0. The number of carbonyl (C=O) groups is 1. The molecule has 108 valence electrons. The zero-order chi connectivity index (χ0) is 14.4. The summed E-state index contributed by atoms with van der Waals surface area (Å²) in [4.78, 5) is 11.5. The lowest BCUT2D eigenvalue weighted by Gasteiger charge is -2.19. The van der Waals surface area contributed by atoms with Gasteiger partial charge in [0, 0.05) is 5.92 Å². The van der Waals surface area contributed by atoms with Crippen LogP contribution in [0.2, 0.25) is 0 Å². The van der Waals surface area contributed by atoms with Crippen LogP contribution in [-0.4, -0.2) is 27.0 Å². The summed E-state index contributed by atoms with van der Waals surface area (Å²) in [6.07, 6.45) is 1.55. The van der Waals surface area contributed by atoms with Gasteiger partial charge in [0.1, 0.15) is 5.76 Å². The molecular weight excluding hydrogens is 289 g/mol. The van der Waals surface area contributed by atoms with E-state index in [-0.39, 0.29) is 11.5 Å². The molecule has 0 aromatic carbocycles. The van der Waals surface area contributed by atoms with Crippen molar-refractivity contribution in [1.82, 2.24) is 0 Å². The monoisotopic (exact) mass is 300 g/mol. The van der Waals surface area contributed by atoms with Gasteiger partial charge in [-0.1, -0.05) is 0 Å². The molecule has 9 heteroatoms. The van der Waals surface area contributed by atoms with Crippen LogP contribution in [0.25, 0.3) is 0 Å². The third-order valence-corrected chi connectivity index (χ3v) is 4.33. The fourth-order valence-corrected chi connectivity index (χ4v) is 3.12. The highest BCUT2D eigenvalue weighted by Gasteiger charge is 2.52. The van der Waals surface area contributed by atoms with Gasteiger partial charge in [0.25, 0.3) is 0 Å². The van der Waals surface area contributed by atoms with Crippen LogP contribution in [-0.2, 0) is 23.8 Å². The predicted molar refractivity (Wildman–Crippen MR) is 55.9 cm³/mol. The number of rotatable bonds is 3. The minimum atomic E-state index is -5.74. The van der Waals surface area contributed by atoms with E-state index >= 15 is 0 Å². The Labute approximate surface area is 107 Å². The van der Waals surface area contributed by atoms with Crippen LogP contribution >= 0.6 is 0 Å². The SMILES string of the molecule is COC(=O)C1=C(OS(=O)(=O)C(F)(F)F)C2CCC1C2. The Hall–Kier alpha value is -1.25. The van der Waals surface area contributed by atoms with E-state index in [1.165, 1.54) is 0 Å². The number of allylic oxidation sites excluding steroid dienone is 1. The molecule has 0 saturated heterocycles. The lowest BCUT2D eigenvalue weighted by atomic mass is 9.97. The lowest BCUT2D eigenvalue weighted by molar-refractivity contribution is -0.136. The molecule has 0 N–H and O–H groups in total. The quantitative estimate of drug-likeness (QED) is 0.451. The summed E-state index contributed by atoms with van der Waals surface area (Å²) in [7, 11) is -4.66. The maximum absolute atomic E-state index is 12.3. The summed E-state index contributed by atoms with van der Waals surface area (Å²) in [5.41, 5.74) is -5.59. The van der Waals surface area contributed by atoms with Gasteiger partial charge >= 0.3 is 21.6 Å². The Morgan fingerprint density at radius 2 is 1.84 bits per heavy atom. The molecule has 2 atom stereocenters. The molecule has 5 nitrogen and oxygen atoms in total. The minimum absolute atomic E-state index is 0.0772. The Morgan fingerprint density at radius 3 is 2.37 bits per heavy atom. The van der Waals surface area contributed by atoms with Crippen LogP contribution < -0.4 is 0 Å². The number of hydrogen-bond donors (Lipinski definition) is 0. The van der Waals surface area contributed by atoms with Crippen molar-refractivity contribution in [1.29, 1.82) is 0 Å². The van der Waals surface area contributed by atoms with Gasteiger partial charge < -0.3 is 8.92 Å². The zero-order valence-electron chi connectivity index (χ0n) is 9.86. The van der Waals surface area contributed by atoms with Crippen LogP contribution in [0, 0.1) is 11.8 Å². The Kier molecular flexibility index (Phi) is 3.28. The van der Waals surface area contributed by atoms with Crippen molar-refractivity contribution in [2.45, 2.75) is 24.8 Å². The summed E-state index contributed by atoms with van der Waals surface area (Å²) in [5, 5.41) is 0. The first-order chi connectivity index (χ1) is 8.67. The van der Waals surface area contributed by atoms with Crippen molar-refractivity contribution >= 4 is 16.1 Å². The van der Waals surface area contributed by atoms with E-state index < -0.39 is 33.3 Å². The Balaban J connectivity index is 2.37. The first-order valence-corrected chi connectivity index (χ1v) is 6.91. The topological polar surface area (TPSA) is 69.7 Å². The van der Waals surface area contributed by atoms with E-state index in [1.54, 1.807) is 0 Å². The molecule has 0 aliphatic heterocycles. The summed E-state index contributed by atoms with van der Waals surface area (Å²) in [6, 6.07) is 0. The van der Waals surface area contributed by atoms with Crippen molar-refractivity contribution in [3.05, 3.63) is 11.3 Å². The average Bonchev–Trinajstić information content (AvgIpc) is 2.86. The number of esters is 1. The van der Waals surface area contributed by atoms with Crippen LogP contribution in [0.4, 0.5) is 13.2 Å². The smallest absolute Gasteiger partial charge is 0.466 e. The Bertz CT molecular complexity index is 534. The average molecular weight is 300 g/mol. The fraction of sp³-hybridized carbons (Fsp3) is 0.700. The van der Waals surface area contributed by atoms with Crippen LogP contribution in [0.3, 0.4) is 0 Å². The Morgan fingerprint density at radius 1 is 1.26 bits per heavy atom. The van der Waals surface area contributed by atoms with Crippen LogP contribution in [0.1, 0.15) is 19.3 Å². The van der Waals surface area contributed by atoms with Gasteiger partial charge in [0.15, 0.2) is 0 Å². The number of halogens is 3. The fourth-order valence-electron chi connectivity index (χ4n) is 2.56. The molecule has 0 aromatic rings. The summed E-state index contributed by atoms with van der Waals surface area (Å²) in [5.74, 6) is -1.98. The second kappa shape index (κ2) is 4.39. The van der Waals surface area contributed by atoms with Gasteiger partial charge in [-0.3, -0.25) is 0 Å². The maximum atomic E-state index is 12.3. The molecule has 0 radical (unpaired) electrons. The maximum Gasteiger partial charge on any atom is 0.534 e. The van der Waals surface area contributed by atoms with Gasteiger partial charge in [-0.05, 0) is 25.2 Å². The zero-order valence-corrected chi connectivity index (χ0v) is 10.7. The molecule has 1 saturated carbocycles. The first-order valence-electron chi connectivity index (χ1n) is 5.50. The minimum Gasteiger partial charge on any atom is -0.466 e. The molecule has 0 amide bonds. The first kappa shape index (κ1) is 14.2. The van der Waals surface area contributed by atoms with Crippen molar-refractivity contribution in [3.8, 4) is 0 Å². The number of methoxy groups -OCH3 is 1. The molecule has 2 bridgehead atoms. The summed E-state index contributed by atoms with van der Waals surface area (Å²) >= 11 is 0. The van der Waals surface area contributed by atoms with Gasteiger partial charge in [-0.25, -0.2) is 4.79 Å². The molecule has 19 heavy (non-hydrogen) atoms. The molecular formula is C10H11F3O5S. The molecule has 2 unspecified atom stereocenters. The number of alkyl halides is 3. The third kappa shape index (κ3) is 2.31. The molecule has 0 aromatic heterocycles. The van der Waals surface area contributed by atoms with E-state index in [9.17, 15) is 26.4 Å². The van der Waals surface area contributed by atoms with E-state index in [0.717, 1.165) is 7.11 Å². The standard InChI is InChI=1S/C10H11F3O5S/c1-17-9(14)7-5-2-3-6(4-5)8(7)18-19(15,16)10(11,12)13/h5-6H,2-4H2,1H3. The predicted octanol–water partition coefficient (Wildman–Crippen LogP) is 1.71. The molecule has 0 heterocycles. The van der Waals surface area contributed by atoms with Crippen LogP contribution in [0.5, 0.6) is 0 Å². The molecule has 1 fully saturated rings. The largest absolute Gasteiger partial charge is 0.534 e. The molecule has 2 aliphatic carbocycles. The second-order valence-electron chi connectivity index (χ2n) is 4.46. The van der Waals surface area contributed by atoms with E-state index in [1.807, 2.05) is 0 Å². The molecule has 2 rings (SSSR count). The van der Waals surface area contributed by atoms with Gasteiger partial charge in [-0.2, -0.15) is 21.6 Å². The molecule has 0 spiro atoms. The van der Waals surface area contributed by atoms with Crippen molar-refractivity contribution in [2.75, 3.05) is 7.11 Å².